The van der Waals surface area contributed by atoms with E-state index in [9.17, 15) is 9.18 Å². The number of carbonyl (C=O) groups excluding carboxylic acids is 1. The average Bonchev–Trinajstić information content (AvgIpc) is 2.82. The SMILES string of the molecule is COc1ccc(CC(=O)C2CCCO2)cc1F. The van der Waals surface area contributed by atoms with E-state index in [-0.39, 0.29) is 24.1 Å². The number of benzene rings is 1. The topological polar surface area (TPSA) is 35.5 Å². The zero-order valence-corrected chi connectivity index (χ0v) is 9.74. The smallest absolute Gasteiger partial charge is 0.165 e. The molecule has 0 spiro atoms. The van der Waals surface area contributed by atoms with Crippen LogP contribution < -0.4 is 4.74 Å². The fraction of sp³-hybridized carbons (Fsp3) is 0.462. The maximum absolute atomic E-state index is 13.4. The predicted octanol–water partition coefficient (Wildman–Crippen LogP) is 2.12. The van der Waals surface area contributed by atoms with E-state index in [0.717, 1.165) is 12.8 Å². The summed E-state index contributed by atoms with van der Waals surface area (Å²) in [6, 6.07) is 4.58. The molecule has 0 bridgehead atoms. The Balaban J connectivity index is 2.03. The van der Waals surface area contributed by atoms with Crippen molar-refractivity contribution in [3.05, 3.63) is 29.6 Å². The first kappa shape index (κ1) is 12.0. The van der Waals surface area contributed by atoms with E-state index in [1.165, 1.54) is 19.2 Å². The third-order valence-corrected chi connectivity index (χ3v) is 2.88. The third-order valence-electron chi connectivity index (χ3n) is 2.88. The van der Waals surface area contributed by atoms with Crippen molar-refractivity contribution < 1.29 is 18.7 Å². The molecule has 1 aliphatic rings. The predicted molar refractivity (Wildman–Crippen MR) is 60.6 cm³/mol. The molecule has 0 aromatic heterocycles. The first-order valence-electron chi connectivity index (χ1n) is 5.67. The summed E-state index contributed by atoms with van der Waals surface area (Å²) in [5.41, 5.74) is 0.656. The quantitative estimate of drug-likeness (QED) is 0.806. The molecular weight excluding hydrogens is 223 g/mol. The van der Waals surface area contributed by atoms with Crippen LogP contribution in [-0.4, -0.2) is 25.6 Å². The van der Waals surface area contributed by atoms with E-state index < -0.39 is 5.82 Å². The van der Waals surface area contributed by atoms with Crippen LogP contribution in [0.2, 0.25) is 0 Å². The van der Waals surface area contributed by atoms with Crippen molar-refractivity contribution in [3.8, 4) is 5.75 Å². The van der Waals surface area contributed by atoms with Gasteiger partial charge in [0.15, 0.2) is 17.3 Å². The summed E-state index contributed by atoms with van der Waals surface area (Å²) in [7, 11) is 1.41. The molecule has 0 amide bonds. The molecule has 92 valence electrons. The van der Waals surface area contributed by atoms with Crippen LogP contribution in [0.3, 0.4) is 0 Å². The van der Waals surface area contributed by atoms with E-state index in [2.05, 4.69) is 0 Å². The molecule has 1 aliphatic heterocycles. The van der Waals surface area contributed by atoms with Crippen LogP contribution in [-0.2, 0) is 16.0 Å². The largest absolute Gasteiger partial charge is 0.494 e. The van der Waals surface area contributed by atoms with E-state index >= 15 is 0 Å². The van der Waals surface area contributed by atoms with Crippen LogP contribution in [0.25, 0.3) is 0 Å². The fourth-order valence-electron chi connectivity index (χ4n) is 1.97. The molecule has 0 N–H and O–H groups in total. The Morgan fingerprint density at radius 2 is 2.41 bits per heavy atom. The molecule has 0 radical (unpaired) electrons. The van der Waals surface area contributed by atoms with Gasteiger partial charge in [0.05, 0.1) is 7.11 Å². The van der Waals surface area contributed by atoms with Crippen LogP contribution in [0.15, 0.2) is 18.2 Å². The van der Waals surface area contributed by atoms with Gasteiger partial charge in [0.25, 0.3) is 0 Å². The van der Waals surface area contributed by atoms with Gasteiger partial charge in [-0.1, -0.05) is 6.07 Å². The lowest BCUT2D eigenvalue weighted by atomic mass is 10.0. The van der Waals surface area contributed by atoms with Gasteiger partial charge >= 0.3 is 0 Å². The van der Waals surface area contributed by atoms with Crippen molar-refractivity contribution in [2.24, 2.45) is 0 Å². The van der Waals surface area contributed by atoms with Gasteiger partial charge in [-0.3, -0.25) is 4.79 Å². The minimum absolute atomic E-state index is 0.0204. The molecule has 1 fully saturated rings. The van der Waals surface area contributed by atoms with E-state index in [1.54, 1.807) is 6.07 Å². The molecule has 1 aromatic carbocycles. The van der Waals surface area contributed by atoms with Crippen molar-refractivity contribution in [3.63, 3.8) is 0 Å². The molecule has 1 saturated heterocycles. The number of hydrogen-bond acceptors (Lipinski definition) is 3. The maximum Gasteiger partial charge on any atom is 0.165 e. The highest BCUT2D eigenvalue weighted by molar-refractivity contribution is 5.85. The number of carbonyl (C=O) groups is 1. The lowest BCUT2D eigenvalue weighted by Gasteiger charge is -2.09. The molecule has 3 nitrogen and oxygen atoms in total. The van der Waals surface area contributed by atoms with Gasteiger partial charge in [0, 0.05) is 13.0 Å². The number of methoxy groups -OCH3 is 1. The summed E-state index contributed by atoms with van der Waals surface area (Å²) in [5.74, 6) is -0.226. The second-order valence-corrected chi connectivity index (χ2v) is 4.11. The monoisotopic (exact) mass is 238 g/mol. The number of rotatable bonds is 4. The van der Waals surface area contributed by atoms with Crippen LogP contribution in [0.4, 0.5) is 4.39 Å². The zero-order chi connectivity index (χ0) is 12.3. The molecular formula is C13H15FO3. The van der Waals surface area contributed by atoms with Crippen LogP contribution in [0.1, 0.15) is 18.4 Å². The zero-order valence-electron chi connectivity index (χ0n) is 9.74. The highest BCUT2D eigenvalue weighted by Gasteiger charge is 2.23. The lowest BCUT2D eigenvalue weighted by Crippen LogP contribution is -2.21. The fourth-order valence-corrected chi connectivity index (χ4v) is 1.97. The highest BCUT2D eigenvalue weighted by atomic mass is 19.1. The molecule has 17 heavy (non-hydrogen) atoms. The molecule has 1 heterocycles. The molecule has 4 heteroatoms. The van der Waals surface area contributed by atoms with Crippen molar-refractivity contribution in [2.75, 3.05) is 13.7 Å². The number of hydrogen-bond donors (Lipinski definition) is 0. The number of ether oxygens (including phenoxy) is 2. The summed E-state index contributed by atoms with van der Waals surface area (Å²) in [5, 5.41) is 0. The minimum Gasteiger partial charge on any atom is -0.494 e. The molecule has 2 rings (SSSR count). The van der Waals surface area contributed by atoms with Crippen LogP contribution >= 0.6 is 0 Å². The molecule has 1 atom stereocenters. The normalized spacial score (nSPS) is 19.3. The van der Waals surface area contributed by atoms with Gasteiger partial charge in [-0.15, -0.1) is 0 Å². The Morgan fingerprint density at radius 3 is 3.00 bits per heavy atom. The second kappa shape index (κ2) is 5.27. The average molecular weight is 238 g/mol. The van der Waals surface area contributed by atoms with E-state index in [1.807, 2.05) is 0 Å². The van der Waals surface area contributed by atoms with Crippen molar-refractivity contribution >= 4 is 5.78 Å². The van der Waals surface area contributed by atoms with E-state index in [4.69, 9.17) is 9.47 Å². The Morgan fingerprint density at radius 1 is 1.59 bits per heavy atom. The van der Waals surface area contributed by atoms with Crippen molar-refractivity contribution in [2.45, 2.75) is 25.4 Å². The molecule has 1 unspecified atom stereocenters. The van der Waals surface area contributed by atoms with Crippen molar-refractivity contribution in [1.29, 1.82) is 0 Å². The van der Waals surface area contributed by atoms with Gasteiger partial charge in [-0.25, -0.2) is 4.39 Å². The Hall–Kier alpha value is -1.42. The maximum atomic E-state index is 13.4. The van der Waals surface area contributed by atoms with Gasteiger partial charge in [0.2, 0.25) is 0 Å². The number of Topliss-reactive ketones (excluding diaryl/α,β-unsaturated/α-hetero) is 1. The Kier molecular flexibility index (Phi) is 3.74. The first-order chi connectivity index (χ1) is 8.20. The van der Waals surface area contributed by atoms with Crippen LogP contribution in [0.5, 0.6) is 5.75 Å². The first-order valence-corrected chi connectivity index (χ1v) is 5.67. The van der Waals surface area contributed by atoms with Gasteiger partial charge in [-0.05, 0) is 30.5 Å². The van der Waals surface area contributed by atoms with Gasteiger partial charge in [-0.2, -0.15) is 0 Å². The van der Waals surface area contributed by atoms with E-state index in [0.29, 0.717) is 12.2 Å². The summed E-state index contributed by atoms with van der Waals surface area (Å²) >= 11 is 0. The third kappa shape index (κ3) is 2.82. The van der Waals surface area contributed by atoms with Gasteiger partial charge in [0.1, 0.15) is 6.10 Å². The highest BCUT2D eigenvalue weighted by Crippen LogP contribution is 2.20. The Bertz CT molecular complexity index is 411. The summed E-state index contributed by atoms with van der Waals surface area (Å²) in [6.07, 6.45) is 1.61. The molecule has 0 saturated carbocycles. The summed E-state index contributed by atoms with van der Waals surface area (Å²) in [6.45, 7) is 0.646. The number of halogens is 1. The Labute approximate surface area is 99.5 Å². The molecule has 1 aromatic rings. The second-order valence-electron chi connectivity index (χ2n) is 4.11. The summed E-state index contributed by atoms with van der Waals surface area (Å²) < 4.78 is 23.5. The number of ketones is 1. The molecule has 0 aliphatic carbocycles. The lowest BCUT2D eigenvalue weighted by molar-refractivity contribution is -0.127. The minimum atomic E-state index is -0.440. The summed E-state index contributed by atoms with van der Waals surface area (Å²) in [4.78, 5) is 11.8. The standard InChI is InChI=1S/C13H15FO3/c1-16-12-5-4-9(7-10(12)14)8-11(15)13-3-2-6-17-13/h4-5,7,13H,2-3,6,8H2,1H3. The van der Waals surface area contributed by atoms with Gasteiger partial charge < -0.3 is 9.47 Å². The van der Waals surface area contributed by atoms with Crippen LogP contribution in [0, 0.1) is 5.82 Å². The van der Waals surface area contributed by atoms with Crippen molar-refractivity contribution in [1.82, 2.24) is 0 Å².